The number of rotatable bonds is 4. The van der Waals surface area contributed by atoms with Crippen LogP contribution in [0, 0.1) is 25.2 Å². The minimum absolute atomic E-state index is 0.0117. The summed E-state index contributed by atoms with van der Waals surface area (Å²) in [6.07, 6.45) is 0. The van der Waals surface area contributed by atoms with E-state index in [2.05, 4.69) is 11.4 Å². The highest BCUT2D eigenvalue weighted by molar-refractivity contribution is 7.91. The van der Waals surface area contributed by atoms with Gasteiger partial charge in [-0.15, -0.1) is 11.3 Å². The maximum atomic E-state index is 12.3. The van der Waals surface area contributed by atoms with Crippen molar-refractivity contribution < 1.29 is 13.2 Å². The number of anilines is 1. The van der Waals surface area contributed by atoms with Crippen LogP contribution in [-0.2, 0) is 9.84 Å². The number of thiophene rings is 1. The van der Waals surface area contributed by atoms with E-state index in [9.17, 15) is 18.5 Å². The van der Waals surface area contributed by atoms with Crippen LogP contribution in [-0.4, -0.2) is 20.1 Å². The van der Waals surface area contributed by atoms with Crippen molar-refractivity contribution in [2.75, 3.05) is 11.1 Å². The van der Waals surface area contributed by atoms with Crippen LogP contribution >= 0.6 is 11.3 Å². The van der Waals surface area contributed by atoms with Crippen molar-refractivity contribution in [3.8, 4) is 6.07 Å². The molecule has 0 aliphatic rings. The number of nitrogens with zero attached hydrogens (tertiary/aromatic N) is 1. The maximum absolute atomic E-state index is 12.3. The first-order valence-electron chi connectivity index (χ1n) is 6.94. The number of carbonyl (C=O) groups is 1. The molecule has 0 aliphatic carbocycles. The molecule has 5 nitrogen and oxygen atoms in total. The van der Waals surface area contributed by atoms with Crippen molar-refractivity contribution in [1.82, 2.24) is 0 Å². The van der Waals surface area contributed by atoms with Gasteiger partial charge in [0.2, 0.25) is 0 Å². The van der Waals surface area contributed by atoms with Crippen molar-refractivity contribution in [1.29, 1.82) is 5.26 Å². The Hall–Kier alpha value is -2.17. The summed E-state index contributed by atoms with van der Waals surface area (Å²) in [5, 5.41) is 12.4. The van der Waals surface area contributed by atoms with E-state index < -0.39 is 9.84 Å². The van der Waals surface area contributed by atoms with Crippen LogP contribution in [0.25, 0.3) is 0 Å². The van der Waals surface area contributed by atoms with Crippen LogP contribution in [0.15, 0.2) is 29.2 Å². The average molecular weight is 348 g/mol. The summed E-state index contributed by atoms with van der Waals surface area (Å²) in [7, 11) is -3.29. The fraction of sp³-hybridized carbons (Fsp3) is 0.250. The lowest BCUT2D eigenvalue weighted by Crippen LogP contribution is -2.12. The molecule has 0 saturated heterocycles. The number of carbonyl (C=O) groups excluding carboxylic acids is 1. The van der Waals surface area contributed by atoms with Crippen molar-refractivity contribution >= 4 is 32.1 Å². The lowest BCUT2D eigenvalue weighted by molar-refractivity contribution is 0.102. The fourth-order valence-electron chi connectivity index (χ4n) is 2.01. The molecule has 1 amide bonds. The Kier molecular flexibility index (Phi) is 4.88. The maximum Gasteiger partial charge on any atom is 0.256 e. The van der Waals surface area contributed by atoms with Crippen LogP contribution in [0.2, 0.25) is 0 Å². The molecule has 0 saturated carbocycles. The predicted molar refractivity (Wildman–Crippen MR) is 90.6 cm³/mol. The molecular weight excluding hydrogens is 332 g/mol. The molecule has 0 spiro atoms. The summed E-state index contributed by atoms with van der Waals surface area (Å²) in [4.78, 5) is 13.4. The number of amides is 1. The van der Waals surface area contributed by atoms with E-state index in [0.717, 1.165) is 10.4 Å². The SMILES string of the molecule is CCS(=O)(=O)c1ccc(C(=O)Nc2sc(C)c(C)c2C#N)cc1. The summed E-state index contributed by atoms with van der Waals surface area (Å²) < 4.78 is 23.5. The summed E-state index contributed by atoms with van der Waals surface area (Å²) >= 11 is 1.35. The molecule has 7 heteroatoms. The molecular formula is C16H16N2O3S2. The molecule has 0 bridgehead atoms. The molecule has 0 aliphatic heterocycles. The van der Waals surface area contributed by atoms with Gasteiger partial charge in [-0.25, -0.2) is 8.42 Å². The molecule has 0 atom stereocenters. The first-order valence-corrected chi connectivity index (χ1v) is 9.41. The van der Waals surface area contributed by atoms with Crippen LogP contribution in [0.3, 0.4) is 0 Å². The predicted octanol–water partition coefficient (Wildman–Crippen LogP) is 3.28. The molecule has 2 aromatic rings. The third-order valence-electron chi connectivity index (χ3n) is 3.58. The molecule has 0 fully saturated rings. The van der Waals surface area contributed by atoms with Crippen LogP contribution < -0.4 is 5.32 Å². The molecule has 0 unspecified atom stereocenters. The van der Waals surface area contributed by atoms with Gasteiger partial charge in [0, 0.05) is 10.4 Å². The quantitative estimate of drug-likeness (QED) is 0.918. The second kappa shape index (κ2) is 6.52. The van der Waals surface area contributed by atoms with Gasteiger partial charge in [-0.05, 0) is 43.7 Å². The second-order valence-corrected chi connectivity index (χ2v) is 8.48. The first-order chi connectivity index (χ1) is 10.8. The summed E-state index contributed by atoms with van der Waals surface area (Å²) in [6, 6.07) is 7.87. The first kappa shape index (κ1) is 17.2. The van der Waals surface area contributed by atoms with Gasteiger partial charge in [0.25, 0.3) is 5.91 Å². The normalized spacial score (nSPS) is 11.0. The zero-order valence-electron chi connectivity index (χ0n) is 13.0. The smallest absolute Gasteiger partial charge is 0.256 e. The molecule has 1 aromatic carbocycles. The Labute approximate surface area is 139 Å². The van der Waals surface area contributed by atoms with Crippen molar-refractivity contribution in [2.45, 2.75) is 25.7 Å². The standard InChI is InChI=1S/C16H16N2O3S2/c1-4-23(20,21)13-7-5-12(6-8-13)15(19)18-16-14(9-17)10(2)11(3)22-16/h5-8H,4H2,1-3H3,(H,18,19). The van der Waals surface area contributed by atoms with E-state index in [1.165, 1.54) is 35.6 Å². The van der Waals surface area contributed by atoms with Gasteiger partial charge in [-0.3, -0.25) is 4.79 Å². The average Bonchev–Trinajstić information content (AvgIpc) is 2.81. The van der Waals surface area contributed by atoms with E-state index >= 15 is 0 Å². The Balaban J connectivity index is 2.26. The summed E-state index contributed by atoms with van der Waals surface area (Å²) in [5.41, 5.74) is 1.66. The number of nitrogens with one attached hydrogen (secondary N) is 1. The third kappa shape index (κ3) is 3.44. The number of hydrogen-bond acceptors (Lipinski definition) is 5. The van der Waals surface area contributed by atoms with Gasteiger partial charge < -0.3 is 5.32 Å². The molecule has 1 aromatic heterocycles. The number of benzene rings is 1. The van der Waals surface area contributed by atoms with Gasteiger partial charge in [0.05, 0.1) is 16.2 Å². The zero-order chi connectivity index (χ0) is 17.2. The van der Waals surface area contributed by atoms with E-state index in [1.807, 2.05) is 13.8 Å². The highest BCUT2D eigenvalue weighted by atomic mass is 32.2. The summed E-state index contributed by atoms with van der Waals surface area (Å²) in [5.74, 6) is -0.360. The van der Waals surface area contributed by atoms with Crippen LogP contribution in [0.4, 0.5) is 5.00 Å². The second-order valence-electron chi connectivity index (χ2n) is 4.98. The van der Waals surface area contributed by atoms with Gasteiger partial charge in [0.1, 0.15) is 11.1 Å². The lowest BCUT2D eigenvalue weighted by Gasteiger charge is -2.05. The Morgan fingerprint density at radius 2 is 1.87 bits per heavy atom. The van der Waals surface area contributed by atoms with Crippen LogP contribution in [0.1, 0.15) is 33.3 Å². The number of nitriles is 1. The Morgan fingerprint density at radius 3 is 2.39 bits per heavy atom. The van der Waals surface area contributed by atoms with Crippen molar-refractivity contribution in [3.63, 3.8) is 0 Å². The largest absolute Gasteiger partial charge is 0.312 e. The van der Waals surface area contributed by atoms with Crippen molar-refractivity contribution in [2.24, 2.45) is 0 Å². The van der Waals surface area contributed by atoms with Gasteiger partial charge in [0.15, 0.2) is 9.84 Å². The Morgan fingerprint density at radius 1 is 1.26 bits per heavy atom. The van der Waals surface area contributed by atoms with Crippen molar-refractivity contribution in [3.05, 3.63) is 45.8 Å². The monoisotopic (exact) mass is 348 g/mol. The van der Waals surface area contributed by atoms with E-state index in [4.69, 9.17) is 0 Å². The Bertz CT molecular complexity index is 889. The molecule has 120 valence electrons. The number of aryl methyl sites for hydroxylation is 1. The number of sulfone groups is 1. The minimum atomic E-state index is -3.29. The highest BCUT2D eigenvalue weighted by Gasteiger charge is 2.16. The summed E-state index contributed by atoms with van der Waals surface area (Å²) in [6.45, 7) is 5.30. The molecule has 23 heavy (non-hydrogen) atoms. The highest BCUT2D eigenvalue weighted by Crippen LogP contribution is 2.32. The van der Waals surface area contributed by atoms with E-state index in [-0.39, 0.29) is 16.6 Å². The number of hydrogen-bond donors (Lipinski definition) is 1. The lowest BCUT2D eigenvalue weighted by atomic mass is 10.2. The van der Waals surface area contributed by atoms with Gasteiger partial charge >= 0.3 is 0 Å². The zero-order valence-corrected chi connectivity index (χ0v) is 14.6. The third-order valence-corrected chi connectivity index (χ3v) is 6.45. The van der Waals surface area contributed by atoms with E-state index in [1.54, 1.807) is 6.92 Å². The minimum Gasteiger partial charge on any atom is -0.312 e. The van der Waals surface area contributed by atoms with Crippen LogP contribution in [0.5, 0.6) is 0 Å². The van der Waals surface area contributed by atoms with Gasteiger partial charge in [-0.2, -0.15) is 5.26 Å². The molecule has 1 heterocycles. The van der Waals surface area contributed by atoms with E-state index in [0.29, 0.717) is 16.1 Å². The molecule has 1 N–H and O–H groups in total. The molecule has 0 radical (unpaired) electrons. The van der Waals surface area contributed by atoms with Gasteiger partial charge in [-0.1, -0.05) is 6.92 Å². The topological polar surface area (TPSA) is 87.0 Å². The molecule has 2 rings (SSSR count). The fourth-order valence-corrected chi connectivity index (χ4v) is 3.90.